The van der Waals surface area contributed by atoms with Crippen molar-refractivity contribution in [2.24, 2.45) is 0 Å². The highest BCUT2D eigenvalue weighted by atomic mass is 16.6. The first-order valence-electron chi connectivity index (χ1n) is 7.92. The van der Waals surface area contributed by atoms with E-state index in [4.69, 9.17) is 4.74 Å². The average molecular weight is 321 g/mol. The van der Waals surface area contributed by atoms with Crippen LogP contribution in [-0.4, -0.2) is 23.5 Å². The number of hydrogen-bond donors (Lipinski definition) is 0. The molecule has 2 aromatic rings. The Balaban J connectivity index is 1.79. The molecule has 1 aliphatic rings. The van der Waals surface area contributed by atoms with Crippen molar-refractivity contribution in [3.8, 4) is 0 Å². The predicted molar refractivity (Wildman–Crippen MR) is 91.4 cm³/mol. The van der Waals surface area contributed by atoms with Crippen LogP contribution in [0.4, 0.5) is 4.79 Å². The molecule has 1 saturated heterocycles. The van der Waals surface area contributed by atoms with Gasteiger partial charge >= 0.3 is 6.09 Å². The maximum absolute atomic E-state index is 12.8. The summed E-state index contributed by atoms with van der Waals surface area (Å²) in [5.41, 5.74) is 1.90. The first kappa shape index (κ1) is 16.0. The Bertz CT molecular complexity index is 727. The van der Waals surface area contributed by atoms with Crippen LogP contribution in [0.25, 0.3) is 0 Å². The smallest absolute Gasteiger partial charge is 0.417 e. The van der Waals surface area contributed by atoms with Crippen LogP contribution in [0.2, 0.25) is 0 Å². The minimum absolute atomic E-state index is 0.136. The molecule has 3 rings (SSSR count). The molecule has 4 heteroatoms. The number of carbonyl (C=O) groups excluding carboxylic acids is 2. The number of rotatable bonds is 5. The van der Waals surface area contributed by atoms with E-state index in [1.54, 1.807) is 6.08 Å². The number of amides is 2. The van der Waals surface area contributed by atoms with Crippen LogP contribution in [0.1, 0.15) is 29.5 Å². The number of hydrogen-bond acceptors (Lipinski definition) is 3. The summed E-state index contributed by atoms with van der Waals surface area (Å²) in [7, 11) is 0. The van der Waals surface area contributed by atoms with Gasteiger partial charge < -0.3 is 4.74 Å². The van der Waals surface area contributed by atoms with Gasteiger partial charge in [-0.1, -0.05) is 66.7 Å². The summed E-state index contributed by atoms with van der Waals surface area (Å²) >= 11 is 0. The molecule has 0 saturated carbocycles. The van der Waals surface area contributed by atoms with Crippen molar-refractivity contribution in [2.75, 3.05) is 6.61 Å². The van der Waals surface area contributed by atoms with E-state index in [-0.39, 0.29) is 30.9 Å². The van der Waals surface area contributed by atoms with Crippen LogP contribution in [0, 0.1) is 0 Å². The number of carbonyl (C=O) groups is 2. The second-order valence-corrected chi connectivity index (χ2v) is 5.72. The third-order valence-electron chi connectivity index (χ3n) is 4.23. The van der Waals surface area contributed by atoms with Gasteiger partial charge in [-0.2, -0.15) is 0 Å². The molecular formula is C20H19NO3. The van der Waals surface area contributed by atoms with Crippen LogP contribution in [-0.2, 0) is 9.53 Å². The van der Waals surface area contributed by atoms with Gasteiger partial charge in [-0.3, -0.25) is 4.79 Å². The van der Waals surface area contributed by atoms with Crippen LogP contribution in [0.3, 0.4) is 0 Å². The Kier molecular flexibility index (Phi) is 4.75. The van der Waals surface area contributed by atoms with Crippen LogP contribution in [0.15, 0.2) is 73.3 Å². The molecular weight excluding hydrogens is 302 g/mol. The van der Waals surface area contributed by atoms with Crippen LogP contribution < -0.4 is 0 Å². The van der Waals surface area contributed by atoms with Gasteiger partial charge in [0, 0.05) is 12.3 Å². The van der Waals surface area contributed by atoms with Crippen molar-refractivity contribution in [1.82, 2.24) is 4.90 Å². The summed E-state index contributed by atoms with van der Waals surface area (Å²) in [6.07, 6.45) is 1.35. The fraction of sp³-hybridized carbons (Fsp3) is 0.200. The van der Waals surface area contributed by atoms with Gasteiger partial charge in [0.05, 0.1) is 0 Å². The third-order valence-corrected chi connectivity index (χ3v) is 4.23. The number of ether oxygens (including phenoxy) is 1. The molecule has 1 unspecified atom stereocenters. The molecule has 2 amide bonds. The summed E-state index contributed by atoms with van der Waals surface area (Å²) < 4.78 is 5.11. The molecule has 4 nitrogen and oxygen atoms in total. The Labute approximate surface area is 141 Å². The van der Waals surface area contributed by atoms with Gasteiger partial charge in [-0.25, -0.2) is 9.69 Å². The van der Waals surface area contributed by atoms with E-state index in [1.165, 1.54) is 4.90 Å². The van der Waals surface area contributed by atoms with E-state index in [0.717, 1.165) is 11.1 Å². The SMILES string of the molecule is C=CC(CC(=O)N1C(=O)OC[C@H]1c1ccccc1)c1ccccc1. The standard InChI is InChI=1S/C20H19NO3/c1-2-15(16-9-5-3-6-10-16)13-19(22)21-18(14-24-20(21)23)17-11-7-4-8-12-17/h2-12,15,18H,1,13-14H2/t15?,18-/m0/s1. The topological polar surface area (TPSA) is 46.6 Å². The van der Waals surface area contributed by atoms with Gasteiger partial charge in [0.15, 0.2) is 0 Å². The molecule has 0 aromatic heterocycles. The van der Waals surface area contributed by atoms with Gasteiger partial charge in [0.2, 0.25) is 5.91 Å². The summed E-state index contributed by atoms with van der Waals surface area (Å²) in [6, 6.07) is 18.8. The minimum atomic E-state index is -0.579. The number of cyclic esters (lactones) is 1. The summed E-state index contributed by atoms with van der Waals surface area (Å²) in [5, 5.41) is 0. The normalized spacial score (nSPS) is 18.1. The molecule has 1 aliphatic heterocycles. The minimum Gasteiger partial charge on any atom is -0.446 e. The summed E-state index contributed by atoms with van der Waals surface area (Å²) in [5.74, 6) is -0.386. The zero-order valence-corrected chi connectivity index (χ0v) is 13.3. The Morgan fingerprint density at radius 3 is 2.42 bits per heavy atom. The molecule has 1 heterocycles. The van der Waals surface area contributed by atoms with E-state index < -0.39 is 6.09 Å². The predicted octanol–water partition coefficient (Wildman–Crippen LogP) is 4.07. The largest absolute Gasteiger partial charge is 0.446 e. The second kappa shape index (κ2) is 7.13. The number of benzene rings is 2. The molecule has 2 atom stereocenters. The summed E-state index contributed by atoms with van der Waals surface area (Å²) in [6.45, 7) is 4.02. The molecule has 0 N–H and O–H groups in total. The zero-order valence-electron chi connectivity index (χ0n) is 13.3. The van der Waals surface area contributed by atoms with Crippen molar-refractivity contribution >= 4 is 12.0 Å². The van der Waals surface area contributed by atoms with Gasteiger partial charge in [0.1, 0.15) is 12.6 Å². The maximum atomic E-state index is 12.8. The van der Waals surface area contributed by atoms with E-state index in [0.29, 0.717) is 0 Å². The van der Waals surface area contributed by atoms with Gasteiger partial charge in [-0.05, 0) is 11.1 Å². The van der Waals surface area contributed by atoms with Crippen molar-refractivity contribution in [2.45, 2.75) is 18.4 Å². The monoisotopic (exact) mass is 321 g/mol. The Morgan fingerprint density at radius 2 is 1.79 bits per heavy atom. The molecule has 122 valence electrons. The molecule has 0 aliphatic carbocycles. The number of imide groups is 1. The summed E-state index contributed by atoms with van der Waals surface area (Å²) in [4.78, 5) is 26.1. The Hall–Kier alpha value is -2.88. The maximum Gasteiger partial charge on any atom is 0.417 e. The Morgan fingerprint density at radius 1 is 1.17 bits per heavy atom. The fourth-order valence-electron chi connectivity index (χ4n) is 2.94. The molecule has 0 spiro atoms. The van der Waals surface area contributed by atoms with Gasteiger partial charge in [0.25, 0.3) is 0 Å². The first-order valence-corrected chi connectivity index (χ1v) is 7.92. The second-order valence-electron chi connectivity index (χ2n) is 5.72. The van der Waals surface area contributed by atoms with E-state index in [2.05, 4.69) is 6.58 Å². The van der Waals surface area contributed by atoms with Crippen LogP contribution >= 0.6 is 0 Å². The van der Waals surface area contributed by atoms with Crippen molar-refractivity contribution in [3.05, 3.63) is 84.4 Å². The van der Waals surface area contributed by atoms with Crippen molar-refractivity contribution < 1.29 is 14.3 Å². The van der Waals surface area contributed by atoms with E-state index in [1.807, 2.05) is 60.7 Å². The first-order chi connectivity index (χ1) is 11.7. The van der Waals surface area contributed by atoms with Crippen molar-refractivity contribution in [1.29, 1.82) is 0 Å². The lowest BCUT2D eigenvalue weighted by Crippen LogP contribution is -2.34. The number of allylic oxidation sites excluding steroid dienone is 1. The average Bonchev–Trinajstić information content (AvgIpc) is 3.02. The lowest BCUT2D eigenvalue weighted by molar-refractivity contribution is -0.129. The lowest BCUT2D eigenvalue weighted by atomic mass is 9.95. The highest BCUT2D eigenvalue weighted by molar-refractivity contribution is 5.94. The zero-order chi connectivity index (χ0) is 16.9. The lowest BCUT2D eigenvalue weighted by Gasteiger charge is -2.22. The van der Waals surface area contributed by atoms with Crippen molar-refractivity contribution in [3.63, 3.8) is 0 Å². The quantitative estimate of drug-likeness (QED) is 0.780. The third kappa shape index (κ3) is 3.23. The molecule has 0 radical (unpaired) electrons. The molecule has 2 aromatic carbocycles. The highest BCUT2D eigenvalue weighted by Crippen LogP contribution is 2.30. The van der Waals surface area contributed by atoms with E-state index >= 15 is 0 Å². The van der Waals surface area contributed by atoms with E-state index in [9.17, 15) is 9.59 Å². The van der Waals surface area contributed by atoms with Crippen LogP contribution in [0.5, 0.6) is 0 Å². The highest BCUT2D eigenvalue weighted by Gasteiger charge is 2.39. The molecule has 0 bridgehead atoms. The fourth-order valence-corrected chi connectivity index (χ4v) is 2.94. The van der Waals surface area contributed by atoms with Gasteiger partial charge in [-0.15, -0.1) is 6.58 Å². The molecule has 1 fully saturated rings. The molecule has 24 heavy (non-hydrogen) atoms. The number of nitrogens with zero attached hydrogens (tertiary/aromatic N) is 1.